The van der Waals surface area contributed by atoms with E-state index >= 15 is 0 Å². The largest absolute Gasteiger partial charge is 0.416 e. The molecule has 0 unspecified atom stereocenters. The van der Waals surface area contributed by atoms with E-state index in [1.165, 1.54) is 12.1 Å². The molecular formula is C22H21F3N6. The number of aliphatic imine (C=N–C) groups is 1. The Morgan fingerprint density at radius 3 is 2.35 bits per heavy atom. The van der Waals surface area contributed by atoms with Crippen LogP contribution in [0, 0.1) is 0 Å². The number of hydrogen-bond donors (Lipinski definition) is 0. The van der Waals surface area contributed by atoms with E-state index in [1.807, 2.05) is 34.9 Å². The highest BCUT2D eigenvalue weighted by atomic mass is 19.4. The fraction of sp³-hybridized carbons (Fsp3) is 0.318. The summed E-state index contributed by atoms with van der Waals surface area (Å²) < 4.78 is 42.5. The van der Waals surface area contributed by atoms with Crippen LogP contribution in [-0.2, 0) is 12.7 Å². The molecule has 1 fully saturated rings. The second kappa shape index (κ2) is 7.49. The van der Waals surface area contributed by atoms with Crippen LogP contribution in [0.2, 0.25) is 0 Å². The van der Waals surface area contributed by atoms with Gasteiger partial charge in [-0.1, -0.05) is 30.3 Å². The molecule has 3 heterocycles. The van der Waals surface area contributed by atoms with Gasteiger partial charge in [-0.25, -0.2) is 0 Å². The first kappa shape index (κ1) is 19.7. The molecule has 0 atom stereocenters. The molecule has 160 valence electrons. The highest BCUT2D eigenvalue weighted by molar-refractivity contribution is 6.15. The molecule has 1 saturated heterocycles. The minimum absolute atomic E-state index is 0.237. The molecular weight excluding hydrogens is 405 g/mol. The third kappa shape index (κ3) is 3.59. The molecule has 0 bridgehead atoms. The topological polar surface area (TPSA) is 49.6 Å². The number of piperazine rings is 1. The Morgan fingerprint density at radius 1 is 0.903 bits per heavy atom. The van der Waals surface area contributed by atoms with Crippen LogP contribution >= 0.6 is 0 Å². The van der Waals surface area contributed by atoms with Crippen molar-refractivity contribution in [2.45, 2.75) is 12.7 Å². The van der Waals surface area contributed by atoms with Crippen LogP contribution in [0.5, 0.6) is 0 Å². The van der Waals surface area contributed by atoms with Crippen molar-refractivity contribution in [2.75, 3.05) is 38.1 Å². The molecule has 31 heavy (non-hydrogen) atoms. The number of likely N-dealkylation sites (N-methyl/N-ethyl adjacent to an activating group) is 1. The van der Waals surface area contributed by atoms with Gasteiger partial charge in [0, 0.05) is 37.3 Å². The molecule has 9 heteroatoms. The van der Waals surface area contributed by atoms with E-state index in [9.17, 15) is 13.2 Å². The molecule has 6 nitrogen and oxygen atoms in total. The number of alkyl halides is 3. The van der Waals surface area contributed by atoms with Crippen molar-refractivity contribution in [3.8, 4) is 5.69 Å². The third-order valence-corrected chi connectivity index (χ3v) is 5.74. The van der Waals surface area contributed by atoms with Crippen molar-refractivity contribution in [3.63, 3.8) is 0 Å². The Labute approximate surface area is 177 Å². The van der Waals surface area contributed by atoms with Crippen LogP contribution in [0.3, 0.4) is 0 Å². The molecule has 0 amide bonds. The third-order valence-electron chi connectivity index (χ3n) is 5.74. The summed E-state index contributed by atoms with van der Waals surface area (Å²) >= 11 is 0. The van der Waals surface area contributed by atoms with Gasteiger partial charge in [0.25, 0.3) is 0 Å². The molecule has 1 aromatic heterocycles. The zero-order chi connectivity index (χ0) is 21.6. The van der Waals surface area contributed by atoms with Crippen LogP contribution in [0.25, 0.3) is 5.69 Å². The maximum Gasteiger partial charge on any atom is 0.416 e. The monoisotopic (exact) mass is 426 g/mol. The standard InChI is InChI=1S/C22H21F3N6/c1-29-9-11-30(12-10-29)21-28-27-19-14-26-20(15-5-3-2-4-6-15)17-13-16(22(23,24)25)7-8-18(17)31(19)21/h2-8,13H,9-12,14H2,1H3. The Morgan fingerprint density at radius 2 is 1.65 bits per heavy atom. The lowest BCUT2D eigenvalue weighted by Gasteiger charge is -2.33. The first-order valence-electron chi connectivity index (χ1n) is 10.1. The average Bonchev–Trinajstić information content (AvgIpc) is 3.11. The number of hydrogen-bond acceptors (Lipinski definition) is 5. The first-order valence-corrected chi connectivity index (χ1v) is 10.1. The van der Waals surface area contributed by atoms with E-state index in [0.717, 1.165) is 37.8 Å². The van der Waals surface area contributed by atoms with Gasteiger partial charge in [-0.15, -0.1) is 10.2 Å². The maximum absolute atomic E-state index is 13.5. The molecule has 2 aromatic carbocycles. The molecule has 2 aliphatic rings. The quantitative estimate of drug-likeness (QED) is 0.631. The fourth-order valence-corrected chi connectivity index (χ4v) is 4.04. The lowest BCUT2D eigenvalue weighted by molar-refractivity contribution is -0.137. The second-order valence-corrected chi connectivity index (χ2v) is 7.80. The van der Waals surface area contributed by atoms with Crippen LogP contribution in [-0.4, -0.2) is 58.6 Å². The minimum atomic E-state index is -4.45. The highest BCUT2D eigenvalue weighted by Crippen LogP contribution is 2.35. The van der Waals surface area contributed by atoms with E-state index in [2.05, 4.69) is 32.0 Å². The Hall–Kier alpha value is -3.20. The van der Waals surface area contributed by atoms with Crippen molar-refractivity contribution in [3.05, 3.63) is 71.0 Å². The zero-order valence-electron chi connectivity index (χ0n) is 17.0. The summed E-state index contributed by atoms with van der Waals surface area (Å²) in [4.78, 5) is 9.03. The summed E-state index contributed by atoms with van der Waals surface area (Å²) in [5.74, 6) is 1.26. The van der Waals surface area contributed by atoms with Gasteiger partial charge < -0.3 is 9.80 Å². The predicted octanol–water partition coefficient (Wildman–Crippen LogP) is 3.39. The molecule has 0 radical (unpaired) electrons. The summed E-state index contributed by atoms with van der Waals surface area (Å²) in [6.07, 6.45) is -4.45. The number of aromatic nitrogens is 3. The van der Waals surface area contributed by atoms with Gasteiger partial charge >= 0.3 is 6.18 Å². The van der Waals surface area contributed by atoms with Gasteiger partial charge in [-0.05, 0) is 25.2 Å². The van der Waals surface area contributed by atoms with Crippen molar-refractivity contribution in [2.24, 2.45) is 4.99 Å². The molecule has 0 saturated carbocycles. The molecule has 5 rings (SSSR count). The lowest BCUT2D eigenvalue weighted by atomic mass is 9.98. The summed E-state index contributed by atoms with van der Waals surface area (Å²) in [5, 5.41) is 8.72. The van der Waals surface area contributed by atoms with E-state index in [4.69, 9.17) is 0 Å². The van der Waals surface area contributed by atoms with E-state index in [0.29, 0.717) is 28.7 Å². The first-order chi connectivity index (χ1) is 14.9. The summed E-state index contributed by atoms with van der Waals surface area (Å²) in [6, 6.07) is 13.1. The Bertz CT molecular complexity index is 1130. The number of fused-ring (bicyclic) bond motifs is 3. The molecule has 2 aliphatic heterocycles. The van der Waals surface area contributed by atoms with Crippen LogP contribution in [0.15, 0.2) is 53.5 Å². The fourth-order valence-electron chi connectivity index (χ4n) is 4.04. The summed E-state index contributed by atoms with van der Waals surface area (Å²) in [6.45, 7) is 3.55. The highest BCUT2D eigenvalue weighted by Gasteiger charge is 2.33. The molecule has 0 aliphatic carbocycles. The second-order valence-electron chi connectivity index (χ2n) is 7.80. The minimum Gasteiger partial charge on any atom is -0.338 e. The molecule has 0 N–H and O–H groups in total. The zero-order valence-corrected chi connectivity index (χ0v) is 17.0. The number of benzene rings is 2. The van der Waals surface area contributed by atoms with Crippen LogP contribution in [0.4, 0.5) is 19.1 Å². The van der Waals surface area contributed by atoms with Crippen LogP contribution < -0.4 is 4.90 Å². The number of rotatable bonds is 2. The van der Waals surface area contributed by atoms with Gasteiger partial charge in [0.1, 0.15) is 6.54 Å². The summed E-state index contributed by atoms with van der Waals surface area (Å²) in [7, 11) is 2.07. The lowest BCUT2D eigenvalue weighted by Crippen LogP contribution is -2.45. The number of halogens is 3. The van der Waals surface area contributed by atoms with Crippen molar-refractivity contribution in [1.82, 2.24) is 19.7 Å². The average molecular weight is 426 g/mol. The Kier molecular flexibility index (Phi) is 4.77. The van der Waals surface area contributed by atoms with Crippen molar-refractivity contribution < 1.29 is 13.2 Å². The van der Waals surface area contributed by atoms with Crippen LogP contribution in [0.1, 0.15) is 22.5 Å². The SMILES string of the molecule is CN1CCN(c2nnc3n2-c2ccc(C(F)(F)F)cc2C(c2ccccc2)=NC3)CC1. The maximum atomic E-state index is 13.5. The van der Waals surface area contributed by atoms with Gasteiger partial charge in [0.15, 0.2) is 5.82 Å². The Balaban J connectivity index is 1.68. The normalized spacial score (nSPS) is 17.0. The van der Waals surface area contributed by atoms with Gasteiger partial charge in [0.2, 0.25) is 5.95 Å². The predicted molar refractivity (Wildman–Crippen MR) is 112 cm³/mol. The van der Waals surface area contributed by atoms with Gasteiger partial charge in [-0.2, -0.15) is 13.2 Å². The van der Waals surface area contributed by atoms with Gasteiger partial charge in [0.05, 0.1) is 17.0 Å². The number of anilines is 1. The number of nitrogens with zero attached hydrogens (tertiary/aromatic N) is 6. The molecule has 0 spiro atoms. The van der Waals surface area contributed by atoms with E-state index < -0.39 is 11.7 Å². The summed E-state index contributed by atoms with van der Waals surface area (Å²) in [5.41, 5.74) is 1.63. The van der Waals surface area contributed by atoms with E-state index in [-0.39, 0.29) is 6.54 Å². The smallest absolute Gasteiger partial charge is 0.338 e. The van der Waals surface area contributed by atoms with Crippen molar-refractivity contribution in [1.29, 1.82) is 0 Å². The molecule has 3 aromatic rings. The van der Waals surface area contributed by atoms with Gasteiger partial charge in [-0.3, -0.25) is 9.56 Å². The van der Waals surface area contributed by atoms with Crippen molar-refractivity contribution >= 4 is 11.7 Å². The van der Waals surface area contributed by atoms with E-state index in [1.54, 1.807) is 0 Å².